The van der Waals surface area contributed by atoms with E-state index in [0.717, 1.165) is 36.8 Å². The van der Waals surface area contributed by atoms with Gasteiger partial charge in [0.05, 0.1) is 23.2 Å². The Morgan fingerprint density at radius 2 is 1.25 bits per heavy atom. The Kier molecular flexibility index (Phi) is 8.04. The summed E-state index contributed by atoms with van der Waals surface area (Å²) in [5.41, 5.74) is 3.00. The molecule has 2 saturated heterocycles. The Morgan fingerprint density at radius 3 is 1.88 bits per heavy atom. The summed E-state index contributed by atoms with van der Waals surface area (Å²) in [5.74, 6) is -0.808. The largest absolute Gasteiger partial charge is 0.274 e. The van der Waals surface area contributed by atoms with Gasteiger partial charge in [-0.2, -0.15) is 0 Å². The first-order chi connectivity index (χ1) is 23.0. The molecule has 0 N–H and O–H groups in total. The van der Waals surface area contributed by atoms with E-state index >= 15 is 0 Å². The number of benzene rings is 2. The molecule has 5 aliphatic rings. The minimum absolute atomic E-state index is 0.0764. The fourth-order valence-corrected chi connectivity index (χ4v) is 9.54. The lowest BCUT2D eigenvalue weighted by Crippen LogP contribution is -2.48. The fraction of sp³-hybridized carbons (Fsp3) is 0.429. The van der Waals surface area contributed by atoms with E-state index in [0.29, 0.717) is 24.2 Å². The van der Waals surface area contributed by atoms with Crippen molar-refractivity contribution in [3.63, 3.8) is 0 Å². The van der Waals surface area contributed by atoms with Crippen LogP contribution in [-0.4, -0.2) is 23.6 Å². The van der Waals surface area contributed by atoms with E-state index in [9.17, 15) is 19.2 Å². The molecular formula is C42H46N2O4. The zero-order chi connectivity index (χ0) is 34.0. The number of nitrogens with zero attached hydrogens (tertiary/aromatic N) is 2. The van der Waals surface area contributed by atoms with Crippen molar-refractivity contribution in [2.45, 2.75) is 59.3 Å². The van der Waals surface area contributed by atoms with Crippen molar-refractivity contribution in [2.75, 3.05) is 9.80 Å². The number of carbonyl (C=O) groups is 4. The highest BCUT2D eigenvalue weighted by molar-refractivity contribution is 6.22. The van der Waals surface area contributed by atoms with Crippen molar-refractivity contribution in [1.29, 1.82) is 0 Å². The third kappa shape index (κ3) is 5.15. The van der Waals surface area contributed by atoms with E-state index < -0.39 is 0 Å². The minimum Gasteiger partial charge on any atom is -0.274 e. The van der Waals surface area contributed by atoms with Gasteiger partial charge in [0, 0.05) is 12.3 Å². The molecule has 0 aromatic heterocycles. The first kappa shape index (κ1) is 32.2. The lowest BCUT2D eigenvalue weighted by atomic mass is 9.63. The topological polar surface area (TPSA) is 74.8 Å². The average molecular weight is 643 g/mol. The number of anilines is 2. The van der Waals surface area contributed by atoms with Crippen molar-refractivity contribution < 1.29 is 19.2 Å². The summed E-state index contributed by atoms with van der Waals surface area (Å²) in [5, 5.41) is 0. The summed E-state index contributed by atoms with van der Waals surface area (Å²) >= 11 is 0. The van der Waals surface area contributed by atoms with E-state index in [4.69, 9.17) is 0 Å². The Balaban J connectivity index is 1.05. The monoisotopic (exact) mass is 642 g/mol. The smallest absolute Gasteiger partial charge is 0.238 e. The summed E-state index contributed by atoms with van der Waals surface area (Å²) < 4.78 is 0. The molecule has 2 aromatic rings. The lowest BCUT2D eigenvalue weighted by molar-refractivity contribution is -0.132. The van der Waals surface area contributed by atoms with Gasteiger partial charge in [-0.1, -0.05) is 81.5 Å². The van der Waals surface area contributed by atoms with Gasteiger partial charge in [0.25, 0.3) is 0 Å². The van der Waals surface area contributed by atoms with E-state index in [-0.39, 0.29) is 75.9 Å². The van der Waals surface area contributed by atoms with Crippen LogP contribution in [0.25, 0.3) is 0 Å². The van der Waals surface area contributed by atoms with Crippen LogP contribution in [-0.2, 0) is 25.6 Å². The van der Waals surface area contributed by atoms with Crippen LogP contribution in [0.5, 0.6) is 0 Å². The predicted octanol–water partition coefficient (Wildman–Crippen LogP) is 7.85. The normalized spacial score (nSPS) is 35.4. The number of hydrogen-bond donors (Lipinski definition) is 0. The second kappa shape index (κ2) is 12.0. The molecule has 6 heteroatoms. The molecule has 9 unspecified atom stereocenters. The SMILES string of the molecule is C=CCC1(C)C=CC2CC1CC(=O)N(c1ccc(Cc3ccc(N4C(=O)C5C6C=CC(C)(CC=C)C(C6)C5C4=O)cc3)cc1)C(=O)C2C. The molecule has 0 radical (unpaired) electrons. The van der Waals surface area contributed by atoms with Crippen LogP contribution in [0.4, 0.5) is 11.4 Å². The van der Waals surface area contributed by atoms with Crippen LogP contribution in [0.15, 0.2) is 98.1 Å². The van der Waals surface area contributed by atoms with Gasteiger partial charge in [0.2, 0.25) is 23.6 Å². The van der Waals surface area contributed by atoms with Gasteiger partial charge < -0.3 is 0 Å². The van der Waals surface area contributed by atoms with Crippen molar-refractivity contribution in [3.8, 4) is 0 Å². The average Bonchev–Trinajstić information content (AvgIpc) is 3.54. The van der Waals surface area contributed by atoms with Gasteiger partial charge in [-0.25, -0.2) is 0 Å². The highest BCUT2D eigenvalue weighted by atomic mass is 16.2. The molecule has 4 bridgehead atoms. The Morgan fingerprint density at radius 1 is 0.708 bits per heavy atom. The number of fused-ring (bicyclic) bond motifs is 7. The van der Waals surface area contributed by atoms with Crippen molar-refractivity contribution in [3.05, 3.63) is 109 Å². The van der Waals surface area contributed by atoms with Crippen molar-refractivity contribution >= 4 is 35.0 Å². The maximum atomic E-state index is 13.8. The van der Waals surface area contributed by atoms with E-state index in [1.165, 1.54) is 9.80 Å². The standard InChI is InChI=1S/C42H46N2O4/c1-6-18-41(4)20-16-29-23-31(41)25-35(45)43(38(46)26(29)3)32-12-8-27(9-13-32)22-28-10-14-33(15-11-28)44-39(47)36-30-17-21-42(5,19-7-2)34(24-30)37(36)40(44)48/h6-17,20-21,26,29-31,34,36-37H,1-2,18-19,22-25H2,3-5H3. The molecule has 7 rings (SSSR count). The molecule has 2 aliphatic heterocycles. The summed E-state index contributed by atoms with van der Waals surface area (Å²) in [6.07, 6.45) is 16.9. The molecular weight excluding hydrogens is 596 g/mol. The molecule has 248 valence electrons. The van der Waals surface area contributed by atoms with Crippen LogP contribution in [0.3, 0.4) is 0 Å². The van der Waals surface area contributed by atoms with Crippen LogP contribution in [0.2, 0.25) is 0 Å². The van der Waals surface area contributed by atoms with Crippen LogP contribution in [0.1, 0.15) is 64.0 Å². The highest BCUT2D eigenvalue weighted by Crippen LogP contribution is 2.59. The summed E-state index contributed by atoms with van der Waals surface area (Å²) in [4.78, 5) is 57.6. The number of rotatable bonds is 8. The van der Waals surface area contributed by atoms with Gasteiger partial charge >= 0.3 is 0 Å². The number of imide groups is 2. The third-order valence-corrected chi connectivity index (χ3v) is 12.5. The maximum Gasteiger partial charge on any atom is 0.238 e. The first-order valence-electron chi connectivity index (χ1n) is 17.5. The molecule has 4 amide bonds. The molecule has 0 spiro atoms. The number of allylic oxidation sites excluding steroid dienone is 6. The molecule has 2 heterocycles. The van der Waals surface area contributed by atoms with Crippen LogP contribution < -0.4 is 9.80 Å². The van der Waals surface area contributed by atoms with Crippen LogP contribution in [0, 0.1) is 52.3 Å². The Hall–Kier alpha value is -4.32. The number of hydrogen-bond acceptors (Lipinski definition) is 4. The zero-order valence-corrected chi connectivity index (χ0v) is 28.3. The summed E-state index contributed by atoms with van der Waals surface area (Å²) in [6, 6.07) is 15.4. The van der Waals surface area contributed by atoms with Crippen molar-refractivity contribution in [1.82, 2.24) is 0 Å². The van der Waals surface area contributed by atoms with Crippen LogP contribution >= 0.6 is 0 Å². The second-order valence-electron chi connectivity index (χ2n) is 15.5. The third-order valence-electron chi connectivity index (χ3n) is 12.5. The summed E-state index contributed by atoms with van der Waals surface area (Å²) in [6.45, 7) is 14.2. The molecule has 6 nitrogen and oxygen atoms in total. The Bertz CT molecular complexity index is 1740. The quantitative estimate of drug-likeness (QED) is 0.217. The van der Waals surface area contributed by atoms with Gasteiger partial charge in [-0.15, -0.1) is 13.2 Å². The molecule has 9 atom stereocenters. The van der Waals surface area contributed by atoms with E-state index in [2.05, 4.69) is 51.3 Å². The molecule has 3 fully saturated rings. The van der Waals surface area contributed by atoms with Crippen molar-refractivity contribution in [2.24, 2.45) is 52.3 Å². The molecule has 48 heavy (non-hydrogen) atoms. The second-order valence-corrected chi connectivity index (χ2v) is 15.5. The lowest BCUT2D eigenvalue weighted by Gasteiger charge is -2.44. The first-order valence-corrected chi connectivity index (χ1v) is 17.5. The van der Waals surface area contributed by atoms with E-state index in [1.54, 1.807) is 0 Å². The number of carbonyl (C=O) groups excluding carboxylic acids is 4. The van der Waals surface area contributed by atoms with Gasteiger partial charge in [-0.05, 0) is 102 Å². The number of amides is 4. The summed E-state index contributed by atoms with van der Waals surface area (Å²) in [7, 11) is 0. The molecule has 1 saturated carbocycles. The zero-order valence-electron chi connectivity index (χ0n) is 28.3. The van der Waals surface area contributed by atoms with E-state index in [1.807, 2.05) is 67.6 Å². The Labute approximate surface area is 284 Å². The molecule has 2 aromatic carbocycles. The van der Waals surface area contributed by atoms with Gasteiger partial charge in [0.1, 0.15) is 0 Å². The highest BCUT2D eigenvalue weighted by Gasteiger charge is 2.62. The minimum atomic E-state index is -0.291. The maximum absolute atomic E-state index is 13.8. The van der Waals surface area contributed by atoms with Gasteiger partial charge in [0.15, 0.2) is 0 Å². The van der Waals surface area contributed by atoms with Gasteiger partial charge in [-0.3, -0.25) is 29.0 Å². The predicted molar refractivity (Wildman–Crippen MR) is 189 cm³/mol. The molecule has 3 aliphatic carbocycles. The fourth-order valence-electron chi connectivity index (χ4n) is 9.54.